The Labute approximate surface area is 75.1 Å². The highest BCUT2D eigenvalue weighted by molar-refractivity contribution is 5.28. The molecule has 68 valence electrons. The lowest BCUT2D eigenvalue weighted by Gasteiger charge is -2.10. The molecule has 12 heavy (non-hydrogen) atoms. The molecule has 0 aliphatic rings. The Morgan fingerprint density at radius 2 is 1.33 bits per heavy atom. The van der Waals surface area contributed by atoms with Gasteiger partial charge in [0, 0.05) is 13.1 Å². The van der Waals surface area contributed by atoms with E-state index in [-0.39, 0.29) is 0 Å². The zero-order chi connectivity index (χ0) is 9.40. The van der Waals surface area contributed by atoms with Gasteiger partial charge >= 0.3 is 0 Å². The molecule has 0 amide bonds. The van der Waals surface area contributed by atoms with Crippen LogP contribution < -0.4 is 10.6 Å². The molecule has 2 N–H and O–H groups in total. The molecule has 2 heteroatoms. The molecule has 0 saturated heterocycles. The quantitative estimate of drug-likeness (QED) is 0.588. The van der Waals surface area contributed by atoms with Crippen LogP contribution in [0.1, 0.15) is 13.8 Å². The molecule has 0 aliphatic heterocycles. The number of hydrogen-bond acceptors (Lipinski definition) is 2. The van der Waals surface area contributed by atoms with Gasteiger partial charge in [-0.25, -0.2) is 0 Å². The molecule has 0 aromatic heterocycles. The van der Waals surface area contributed by atoms with E-state index in [1.165, 1.54) is 0 Å². The van der Waals surface area contributed by atoms with Gasteiger partial charge in [0.05, 0.1) is 11.4 Å². The van der Waals surface area contributed by atoms with Crippen LogP contribution in [0.15, 0.2) is 36.7 Å². The van der Waals surface area contributed by atoms with Crippen molar-refractivity contribution >= 4 is 0 Å². The molecule has 0 saturated carbocycles. The van der Waals surface area contributed by atoms with E-state index in [1.54, 1.807) is 12.2 Å². The van der Waals surface area contributed by atoms with Crippen LogP contribution in [-0.4, -0.2) is 13.1 Å². The fourth-order valence-corrected chi connectivity index (χ4v) is 0.936. The molecule has 0 spiro atoms. The summed E-state index contributed by atoms with van der Waals surface area (Å²) in [5.74, 6) is 0. The first kappa shape index (κ1) is 10.8. The summed E-state index contributed by atoms with van der Waals surface area (Å²) in [6.45, 7) is 13.3. The summed E-state index contributed by atoms with van der Waals surface area (Å²) in [7, 11) is 0. The Morgan fingerprint density at radius 3 is 1.50 bits per heavy atom. The van der Waals surface area contributed by atoms with Crippen molar-refractivity contribution in [3.8, 4) is 0 Å². The minimum absolute atomic E-state index is 0.893. The van der Waals surface area contributed by atoms with Gasteiger partial charge in [-0.1, -0.05) is 13.2 Å². The van der Waals surface area contributed by atoms with Crippen LogP contribution in [0.25, 0.3) is 0 Å². The lowest BCUT2D eigenvalue weighted by molar-refractivity contribution is 0.810. The number of allylic oxidation sites excluding steroid dienone is 2. The van der Waals surface area contributed by atoms with E-state index in [1.807, 2.05) is 0 Å². The third kappa shape index (κ3) is 3.28. The highest BCUT2D eigenvalue weighted by atomic mass is 14.9. The van der Waals surface area contributed by atoms with Crippen molar-refractivity contribution in [2.24, 2.45) is 0 Å². The molecule has 0 aromatic rings. The zero-order valence-electron chi connectivity index (χ0n) is 7.98. The maximum atomic E-state index is 3.72. The third-order valence-corrected chi connectivity index (χ3v) is 1.43. The summed E-state index contributed by atoms with van der Waals surface area (Å²) in [6, 6.07) is 0. The first-order valence-corrected chi connectivity index (χ1v) is 4.27. The van der Waals surface area contributed by atoms with Crippen molar-refractivity contribution in [1.29, 1.82) is 0 Å². The Balaban J connectivity index is 4.48. The van der Waals surface area contributed by atoms with Crippen molar-refractivity contribution in [1.82, 2.24) is 10.6 Å². The maximum Gasteiger partial charge on any atom is 0.0569 e. The molecule has 0 rings (SSSR count). The minimum Gasteiger partial charge on any atom is -0.384 e. The second kappa shape index (κ2) is 6.53. The topological polar surface area (TPSA) is 24.1 Å². The van der Waals surface area contributed by atoms with Gasteiger partial charge in [0.1, 0.15) is 0 Å². The molecule has 0 radical (unpaired) electrons. The fraction of sp³-hybridized carbons (Fsp3) is 0.400. The van der Waals surface area contributed by atoms with E-state index >= 15 is 0 Å². The van der Waals surface area contributed by atoms with Crippen molar-refractivity contribution in [2.75, 3.05) is 13.1 Å². The van der Waals surface area contributed by atoms with Gasteiger partial charge in [0.15, 0.2) is 0 Å². The average molecular weight is 166 g/mol. The smallest absolute Gasteiger partial charge is 0.0569 e. The first-order valence-electron chi connectivity index (χ1n) is 4.27. The van der Waals surface area contributed by atoms with E-state index < -0.39 is 0 Å². The number of likely N-dealkylation sites (N-methyl/N-ethyl adjacent to an activating group) is 2. The fourth-order valence-electron chi connectivity index (χ4n) is 0.936. The Kier molecular flexibility index (Phi) is 5.88. The van der Waals surface area contributed by atoms with E-state index in [2.05, 4.69) is 37.6 Å². The summed E-state index contributed by atoms with van der Waals surface area (Å²) in [5, 5.41) is 6.39. The Hall–Kier alpha value is -1.18. The van der Waals surface area contributed by atoms with Crippen LogP contribution in [0.2, 0.25) is 0 Å². The molecule has 0 unspecified atom stereocenters. The average Bonchev–Trinajstić information content (AvgIpc) is 2.11. The van der Waals surface area contributed by atoms with Gasteiger partial charge in [0.2, 0.25) is 0 Å². The molecule has 0 heterocycles. The van der Waals surface area contributed by atoms with Crippen molar-refractivity contribution in [3.63, 3.8) is 0 Å². The first-order chi connectivity index (χ1) is 5.79. The molecule has 2 nitrogen and oxygen atoms in total. The molecule has 0 bridgehead atoms. The lowest BCUT2D eigenvalue weighted by Crippen LogP contribution is -2.20. The van der Waals surface area contributed by atoms with E-state index in [0.29, 0.717) is 0 Å². The number of nitrogens with one attached hydrogen (secondary N) is 2. The zero-order valence-corrected chi connectivity index (χ0v) is 7.98. The van der Waals surface area contributed by atoms with Gasteiger partial charge in [-0.3, -0.25) is 0 Å². The van der Waals surface area contributed by atoms with Crippen molar-refractivity contribution in [3.05, 3.63) is 36.7 Å². The van der Waals surface area contributed by atoms with Crippen molar-refractivity contribution in [2.45, 2.75) is 13.8 Å². The van der Waals surface area contributed by atoms with Gasteiger partial charge in [-0.15, -0.1) is 0 Å². The van der Waals surface area contributed by atoms with Gasteiger partial charge in [-0.2, -0.15) is 0 Å². The third-order valence-electron chi connectivity index (χ3n) is 1.43. The van der Waals surface area contributed by atoms with E-state index in [4.69, 9.17) is 0 Å². The number of hydrogen-bond donors (Lipinski definition) is 2. The van der Waals surface area contributed by atoms with Crippen LogP contribution in [0.4, 0.5) is 0 Å². The highest BCUT2D eigenvalue weighted by Crippen LogP contribution is 1.99. The normalized spacial score (nSPS) is 11.5. The van der Waals surface area contributed by atoms with Crippen LogP contribution in [-0.2, 0) is 0 Å². The molecular weight excluding hydrogens is 148 g/mol. The van der Waals surface area contributed by atoms with Gasteiger partial charge in [0.25, 0.3) is 0 Å². The SMILES string of the molecule is C=C/C(NCC)=C(\C=C)NCC. The van der Waals surface area contributed by atoms with Crippen LogP contribution in [0.3, 0.4) is 0 Å². The second-order valence-corrected chi connectivity index (χ2v) is 2.30. The summed E-state index contributed by atoms with van der Waals surface area (Å²) in [4.78, 5) is 0. The Bertz CT molecular complexity index is 160. The molecule has 0 aromatic carbocycles. The summed E-state index contributed by atoms with van der Waals surface area (Å²) >= 11 is 0. The van der Waals surface area contributed by atoms with Gasteiger partial charge < -0.3 is 10.6 Å². The van der Waals surface area contributed by atoms with Gasteiger partial charge in [-0.05, 0) is 26.0 Å². The predicted molar refractivity (Wildman–Crippen MR) is 54.8 cm³/mol. The van der Waals surface area contributed by atoms with Crippen LogP contribution in [0.5, 0.6) is 0 Å². The standard InChI is InChI=1S/C10H18N2/c1-5-9(11-7-3)10(6-2)12-8-4/h5-6,11-12H,1-2,7-8H2,3-4H3/b10-9-. The number of rotatable bonds is 6. The molecule has 0 fully saturated rings. The second-order valence-electron chi connectivity index (χ2n) is 2.30. The maximum absolute atomic E-state index is 3.72. The summed E-state index contributed by atoms with van der Waals surface area (Å²) in [6.07, 6.45) is 3.59. The Morgan fingerprint density at radius 1 is 1.00 bits per heavy atom. The monoisotopic (exact) mass is 166 g/mol. The molecule has 0 aliphatic carbocycles. The highest BCUT2D eigenvalue weighted by Gasteiger charge is 1.95. The van der Waals surface area contributed by atoms with Crippen LogP contribution >= 0.6 is 0 Å². The molecule has 0 atom stereocenters. The van der Waals surface area contributed by atoms with Crippen LogP contribution in [0, 0.1) is 0 Å². The van der Waals surface area contributed by atoms with Crippen molar-refractivity contribution < 1.29 is 0 Å². The molecular formula is C10H18N2. The largest absolute Gasteiger partial charge is 0.384 e. The van der Waals surface area contributed by atoms with E-state index in [0.717, 1.165) is 24.5 Å². The minimum atomic E-state index is 0.893. The lowest BCUT2D eigenvalue weighted by atomic mass is 10.3. The summed E-state index contributed by atoms with van der Waals surface area (Å²) < 4.78 is 0. The predicted octanol–water partition coefficient (Wildman–Crippen LogP) is 1.79. The van der Waals surface area contributed by atoms with E-state index in [9.17, 15) is 0 Å². The summed E-state index contributed by atoms with van der Waals surface area (Å²) in [5.41, 5.74) is 2.02.